The minimum absolute atomic E-state index is 0.133. The van der Waals surface area contributed by atoms with Crippen molar-refractivity contribution in [2.24, 2.45) is 11.7 Å². The van der Waals surface area contributed by atoms with E-state index in [9.17, 15) is 13.6 Å². The Balaban J connectivity index is 1.57. The predicted molar refractivity (Wildman–Crippen MR) is 83.8 cm³/mol. The van der Waals surface area contributed by atoms with Crippen LogP contribution in [0.2, 0.25) is 0 Å². The molecular formula is C17H22F2N2O2. The minimum Gasteiger partial charge on any atom is -0.493 e. The Kier molecular flexibility index (Phi) is 4.53. The monoisotopic (exact) mass is 324 g/mol. The van der Waals surface area contributed by atoms with Crippen LogP contribution >= 0.6 is 0 Å². The topological polar surface area (TPSA) is 55.6 Å². The lowest BCUT2D eigenvalue weighted by Crippen LogP contribution is -2.43. The molecule has 1 amide bonds. The first-order valence-electron chi connectivity index (χ1n) is 8.11. The van der Waals surface area contributed by atoms with E-state index in [-0.39, 0.29) is 37.3 Å². The number of hydrogen-bond acceptors (Lipinski definition) is 3. The standard InChI is InChI=1S/C17H22F2N2O2/c18-17(19)8-7-15(20)12(10-17)11-23-14-5-3-13(4-6-14)21-9-1-2-16(21)22/h3-6,12,15H,1-2,7-11,20H2/t12-,15+/m1/s1. The SMILES string of the molecule is N[C@H]1CCC(F)(F)C[C@@H]1COc1ccc(N2CCCC2=O)cc1. The van der Waals surface area contributed by atoms with Gasteiger partial charge in [-0.1, -0.05) is 0 Å². The summed E-state index contributed by atoms with van der Waals surface area (Å²) in [5.74, 6) is -2.22. The summed E-state index contributed by atoms with van der Waals surface area (Å²) < 4.78 is 32.6. The van der Waals surface area contributed by atoms with E-state index < -0.39 is 5.92 Å². The maximum atomic E-state index is 13.5. The molecule has 0 unspecified atom stereocenters. The van der Waals surface area contributed by atoms with E-state index in [1.807, 2.05) is 12.1 Å². The molecule has 2 aliphatic rings. The van der Waals surface area contributed by atoms with Gasteiger partial charge in [0.05, 0.1) is 6.61 Å². The van der Waals surface area contributed by atoms with Gasteiger partial charge in [0.15, 0.2) is 0 Å². The highest BCUT2D eigenvalue weighted by Gasteiger charge is 2.40. The highest BCUT2D eigenvalue weighted by molar-refractivity contribution is 5.95. The summed E-state index contributed by atoms with van der Waals surface area (Å²) in [6.07, 6.45) is 1.45. The zero-order valence-corrected chi connectivity index (χ0v) is 13.0. The van der Waals surface area contributed by atoms with Gasteiger partial charge in [-0.15, -0.1) is 0 Å². The van der Waals surface area contributed by atoms with Gasteiger partial charge in [0.2, 0.25) is 11.8 Å². The van der Waals surface area contributed by atoms with Crippen molar-refractivity contribution in [1.29, 1.82) is 0 Å². The smallest absolute Gasteiger partial charge is 0.248 e. The number of nitrogens with zero attached hydrogens (tertiary/aromatic N) is 1. The highest BCUT2D eigenvalue weighted by atomic mass is 19.3. The molecule has 1 aromatic rings. The van der Waals surface area contributed by atoms with Crippen LogP contribution in [0.1, 0.15) is 32.1 Å². The van der Waals surface area contributed by atoms with Crippen molar-refractivity contribution >= 4 is 11.6 Å². The van der Waals surface area contributed by atoms with Crippen LogP contribution in [0.15, 0.2) is 24.3 Å². The van der Waals surface area contributed by atoms with Gasteiger partial charge < -0.3 is 15.4 Å². The molecule has 23 heavy (non-hydrogen) atoms. The lowest BCUT2D eigenvalue weighted by Gasteiger charge is -2.33. The molecule has 2 atom stereocenters. The first kappa shape index (κ1) is 16.2. The molecule has 2 N–H and O–H groups in total. The number of rotatable bonds is 4. The van der Waals surface area contributed by atoms with E-state index in [0.717, 1.165) is 18.7 Å². The molecule has 3 rings (SSSR count). The second-order valence-electron chi connectivity index (χ2n) is 6.48. The van der Waals surface area contributed by atoms with Crippen molar-refractivity contribution in [3.8, 4) is 5.75 Å². The molecule has 0 spiro atoms. The average molecular weight is 324 g/mol. The molecule has 1 aromatic carbocycles. The van der Waals surface area contributed by atoms with Crippen molar-refractivity contribution in [3.63, 3.8) is 0 Å². The van der Waals surface area contributed by atoms with E-state index in [0.29, 0.717) is 18.6 Å². The van der Waals surface area contributed by atoms with Crippen molar-refractivity contribution in [3.05, 3.63) is 24.3 Å². The molecular weight excluding hydrogens is 302 g/mol. The molecule has 0 aromatic heterocycles. The maximum absolute atomic E-state index is 13.5. The fraction of sp³-hybridized carbons (Fsp3) is 0.588. The summed E-state index contributed by atoms with van der Waals surface area (Å²) in [4.78, 5) is 13.5. The summed E-state index contributed by atoms with van der Waals surface area (Å²) in [6, 6.07) is 6.96. The number of benzene rings is 1. The third-order valence-corrected chi connectivity index (χ3v) is 4.70. The Morgan fingerprint density at radius 3 is 2.70 bits per heavy atom. The van der Waals surface area contributed by atoms with Crippen LogP contribution in [0, 0.1) is 5.92 Å². The molecule has 1 aliphatic heterocycles. The van der Waals surface area contributed by atoms with Gasteiger partial charge in [-0.2, -0.15) is 0 Å². The lowest BCUT2D eigenvalue weighted by molar-refractivity contribution is -0.117. The van der Waals surface area contributed by atoms with E-state index in [1.165, 1.54) is 0 Å². The number of hydrogen-bond donors (Lipinski definition) is 1. The van der Waals surface area contributed by atoms with E-state index in [1.54, 1.807) is 17.0 Å². The normalized spacial score (nSPS) is 27.3. The number of anilines is 1. The molecule has 0 bridgehead atoms. The first-order valence-corrected chi connectivity index (χ1v) is 8.11. The Morgan fingerprint density at radius 2 is 2.04 bits per heavy atom. The summed E-state index contributed by atoms with van der Waals surface area (Å²) in [6.45, 7) is 0.934. The van der Waals surface area contributed by atoms with Crippen molar-refractivity contribution in [2.75, 3.05) is 18.1 Å². The van der Waals surface area contributed by atoms with Crippen LogP contribution in [-0.4, -0.2) is 31.0 Å². The molecule has 4 nitrogen and oxygen atoms in total. The summed E-state index contributed by atoms with van der Waals surface area (Å²) in [5, 5.41) is 0. The van der Waals surface area contributed by atoms with Gasteiger partial charge in [-0.3, -0.25) is 4.79 Å². The molecule has 1 heterocycles. The van der Waals surface area contributed by atoms with Crippen LogP contribution in [0.25, 0.3) is 0 Å². The van der Waals surface area contributed by atoms with Crippen molar-refractivity contribution < 1.29 is 18.3 Å². The highest BCUT2D eigenvalue weighted by Crippen LogP contribution is 2.36. The average Bonchev–Trinajstić information content (AvgIpc) is 2.95. The number of halogens is 2. The van der Waals surface area contributed by atoms with Gasteiger partial charge >= 0.3 is 0 Å². The number of alkyl halides is 2. The van der Waals surface area contributed by atoms with Gasteiger partial charge in [0.1, 0.15) is 5.75 Å². The van der Waals surface area contributed by atoms with Crippen LogP contribution in [0.3, 0.4) is 0 Å². The summed E-state index contributed by atoms with van der Waals surface area (Å²) in [7, 11) is 0. The van der Waals surface area contributed by atoms with Crippen LogP contribution < -0.4 is 15.4 Å². The molecule has 0 radical (unpaired) electrons. The zero-order chi connectivity index (χ0) is 16.4. The predicted octanol–water partition coefficient (Wildman–Crippen LogP) is 2.95. The quantitative estimate of drug-likeness (QED) is 0.926. The zero-order valence-electron chi connectivity index (χ0n) is 13.0. The molecule has 2 fully saturated rings. The Labute approximate surface area is 134 Å². The third-order valence-electron chi connectivity index (χ3n) is 4.70. The van der Waals surface area contributed by atoms with Gasteiger partial charge in [0.25, 0.3) is 0 Å². The number of carbonyl (C=O) groups is 1. The molecule has 1 saturated heterocycles. The van der Waals surface area contributed by atoms with Crippen LogP contribution in [0.5, 0.6) is 5.75 Å². The van der Waals surface area contributed by atoms with E-state index >= 15 is 0 Å². The second kappa shape index (κ2) is 6.43. The van der Waals surface area contributed by atoms with Gasteiger partial charge in [-0.25, -0.2) is 8.78 Å². The second-order valence-corrected chi connectivity index (χ2v) is 6.48. The van der Waals surface area contributed by atoms with Gasteiger partial charge in [-0.05, 0) is 37.1 Å². The lowest BCUT2D eigenvalue weighted by atomic mass is 9.83. The number of amides is 1. The first-order chi connectivity index (χ1) is 10.9. The maximum Gasteiger partial charge on any atom is 0.248 e. The van der Waals surface area contributed by atoms with Crippen molar-refractivity contribution in [2.45, 2.75) is 44.1 Å². The fourth-order valence-electron chi connectivity index (χ4n) is 3.28. The molecule has 6 heteroatoms. The summed E-state index contributed by atoms with van der Waals surface area (Å²) >= 11 is 0. The van der Waals surface area contributed by atoms with E-state index in [4.69, 9.17) is 10.5 Å². The number of ether oxygens (including phenoxy) is 1. The summed E-state index contributed by atoms with van der Waals surface area (Å²) in [5.41, 5.74) is 6.78. The number of nitrogens with two attached hydrogens (primary N) is 1. The fourth-order valence-corrected chi connectivity index (χ4v) is 3.28. The van der Waals surface area contributed by atoms with Crippen LogP contribution in [-0.2, 0) is 4.79 Å². The molecule has 1 saturated carbocycles. The van der Waals surface area contributed by atoms with E-state index in [2.05, 4.69) is 0 Å². The Bertz CT molecular complexity index is 562. The van der Waals surface area contributed by atoms with Gasteiger partial charge in [0, 0.05) is 43.5 Å². The Hall–Kier alpha value is -1.69. The number of carbonyl (C=O) groups excluding carboxylic acids is 1. The minimum atomic E-state index is -2.64. The van der Waals surface area contributed by atoms with Crippen molar-refractivity contribution in [1.82, 2.24) is 0 Å². The molecule has 126 valence electrons. The third kappa shape index (κ3) is 3.80. The van der Waals surface area contributed by atoms with Crippen LogP contribution in [0.4, 0.5) is 14.5 Å². The molecule has 1 aliphatic carbocycles. The Morgan fingerprint density at radius 1 is 1.30 bits per heavy atom. The largest absolute Gasteiger partial charge is 0.493 e.